The molecule has 2 rings (SSSR count). The third-order valence-corrected chi connectivity index (χ3v) is 7.26. The van der Waals surface area contributed by atoms with Crippen molar-refractivity contribution in [2.75, 3.05) is 6.54 Å². The quantitative estimate of drug-likeness (QED) is 0.405. The Kier molecular flexibility index (Phi) is 5.54. The smallest absolute Gasteiger partial charge is 0.311 e. The molecule has 0 aromatic heterocycles. The Hall–Kier alpha value is 0.350. The summed E-state index contributed by atoms with van der Waals surface area (Å²) in [6, 6.07) is 3.83. The fourth-order valence-electron chi connectivity index (χ4n) is 2.14. The highest BCUT2D eigenvalue weighted by Crippen LogP contribution is 2.40. The Labute approximate surface area is 157 Å². The maximum atomic E-state index is 12.3. The maximum absolute atomic E-state index is 12.3. The number of halogens is 3. The number of amides is 1. The summed E-state index contributed by atoms with van der Waals surface area (Å²) >= 11 is 6.51. The number of rotatable bonds is 4. The van der Waals surface area contributed by atoms with Crippen LogP contribution in [0.3, 0.4) is 0 Å². The van der Waals surface area contributed by atoms with Crippen LogP contribution in [-0.4, -0.2) is 23.5 Å². The van der Waals surface area contributed by atoms with Crippen molar-refractivity contribution in [2.24, 2.45) is 5.41 Å². The molecule has 0 saturated heterocycles. The Morgan fingerprint density at radius 3 is 2.40 bits per heavy atom. The van der Waals surface area contributed by atoms with Crippen LogP contribution in [0.5, 0.6) is 0 Å². The van der Waals surface area contributed by atoms with E-state index in [0.29, 0.717) is 18.4 Å². The minimum absolute atomic E-state index is 0.196. The van der Waals surface area contributed by atoms with Gasteiger partial charge in [-0.2, -0.15) is 0 Å². The van der Waals surface area contributed by atoms with Crippen molar-refractivity contribution in [3.63, 3.8) is 0 Å². The summed E-state index contributed by atoms with van der Waals surface area (Å²) in [6.07, 6.45) is 2.20. The number of hydrogen-bond donors (Lipinski definition) is 2. The van der Waals surface area contributed by atoms with Crippen molar-refractivity contribution in [3.05, 3.63) is 28.4 Å². The lowest BCUT2D eigenvalue weighted by Crippen LogP contribution is -2.47. The molecule has 0 unspecified atom stereocenters. The van der Waals surface area contributed by atoms with Crippen LogP contribution in [-0.2, 0) is 4.79 Å². The number of aliphatic carboxylic acids is 1. The van der Waals surface area contributed by atoms with Crippen LogP contribution >= 0.6 is 67.8 Å². The number of carbonyl (C=O) groups is 2. The van der Waals surface area contributed by atoms with Crippen LogP contribution in [0.2, 0.25) is 0 Å². The van der Waals surface area contributed by atoms with Crippen molar-refractivity contribution in [3.8, 4) is 0 Å². The minimum atomic E-state index is -0.809. The van der Waals surface area contributed by atoms with E-state index in [-0.39, 0.29) is 12.5 Å². The van der Waals surface area contributed by atoms with E-state index < -0.39 is 11.4 Å². The van der Waals surface area contributed by atoms with Gasteiger partial charge in [0, 0.05) is 17.3 Å². The zero-order valence-corrected chi connectivity index (χ0v) is 16.9. The van der Waals surface area contributed by atoms with Gasteiger partial charge in [-0.05, 0) is 92.7 Å². The zero-order chi connectivity index (χ0) is 14.9. The van der Waals surface area contributed by atoms with Crippen molar-refractivity contribution in [1.29, 1.82) is 0 Å². The molecule has 0 atom stereocenters. The first-order valence-electron chi connectivity index (χ1n) is 6.02. The first kappa shape index (κ1) is 16.7. The van der Waals surface area contributed by atoms with Crippen LogP contribution in [0.25, 0.3) is 0 Å². The number of benzene rings is 1. The fraction of sp³-hybridized carbons (Fsp3) is 0.385. The van der Waals surface area contributed by atoms with Gasteiger partial charge in [-0.25, -0.2) is 0 Å². The Morgan fingerprint density at radius 2 is 1.90 bits per heavy atom. The van der Waals surface area contributed by atoms with Crippen LogP contribution in [0.15, 0.2) is 12.1 Å². The molecule has 0 heterocycles. The third kappa shape index (κ3) is 3.39. The van der Waals surface area contributed by atoms with E-state index in [2.05, 4.69) is 73.1 Å². The molecule has 1 aliphatic rings. The molecule has 0 spiro atoms. The number of hydrogen-bond acceptors (Lipinski definition) is 2. The molecule has 7 heteroatoms. The van der Waals surface area contributed by atoms with E-state index in [1.807, 2.05) is 12.1 Å². The summed E-state index contributed by atoms with van der Waals surface area (Å²) in [7, 11) is 0. The number of carbonyl (C=O) groups excluding carboxylic acids is 1. The summed E-state index contributed by atoms with van der Waals surface area (Å²) in [5.74, 6) is -1.01. The van der Waals surface area contributed by atoms with Crippen LogP contribution in [0, 0.1) is 16.1 Å². The van der Waals surface area contributed by atoms with Gasteiger partial charge < -0.3 is 10.4 Å². The molecule has 1 aliphatic carbocycles. The molecule has 1 aromatic carbocycles. The monoisotopic (exact) mass is 611 g/mol. The number of carboxylic acid groups (broad SMARTS) is 1. The van der Waals surface area contributed by atoms with Crippen LogP contribution in [0.1, 0.15) is 29.6 Å². The van der Waals surface area contributed by atoms with Crippen molar-refractivity contribution in [1.82, 2.24) is 5.32 Å². The molecule has 1 amide bonds. The van der Waals surface area contributed by atoms with Gasteiger partial charge in [0.25, 0.3) is 5.91 Å². The van der Waals surface area contributed by atoms with E-state index in [4.69, 9.17) is 0 Å². The van der Waals surface area contributed by atoms with E-state index in [1.54, 1.807) is 0 Å². The SMILES string of the molecule is O=C(NCC1(C(=O)O)CCC1)c1cc(I)cc(I)c1I. The standard InChI is InChI=1S/C13H12I3NO3/c14-7-4-8(10(16)9(15)5-7)11(18)17-6-13(12(19)20)2-1-3-13/h4-5H,1-3,6H2,(H,17,18)(H,19,20). The first-order chi connectivity index (χ1) is 9.35. The lowest BCUT2D eigenvalue weighted by molar-refractivity contribution is -0.153. The highest BCUT2D eigenvalue weighted by Gasteiger charge is 2.44. The second-order valence-corrected chi connectivity index (χ2v) is 8.36. The average molecular weight is 611 g/mol. The van der Waals surface area contributed by atoms with Crippen molar-refractivity contribution < 1.29 is 14.7 Å². The topological polar surface area (TPSA) is 66.4 Å². The van der Waals surface area contributed by atoms with E-state index in [9.17, 15) is 14.7 Å². The molecule has 0 aliphatic heterocycles. The maximum Gasteiger partial charge on any atom is 0.311 e. The predicted octanol–water partition coefficient (Wildman–Crippen LogP) is 3.49. The lowest BCUT2D eigenvalue weighted by Gasteiger charge is -2.37. The van der Waals surface area contributed by atoms with Gasteiger partial charge in [-0.3, -0.25) is 9.59 Å². The summed E-state index contributed by atoms with van der Waals surface area (Å²) in [4.78, 5) is 23.5. The molecule has 108 valence electrons. The van der Waals surface area contributed by atoms with Gasteiger partial charge in [-0.15, -0.1) is 0 Å². The Morgan fingerprint density at radius 1 is 1.25 bits per heavy atom. The van der Waals surface area contributed by atoms with Gasteiger partial charge in [-0.1, -0.05) is 6.42 Å². The highest BCUT2D eigenvalue weighted by molar-refractivity contribution is 14.1. The molecular formula is C13H12I3NO3. The molecule has 1 saturated carbocycles. The molecular weight excluding hydrogens is 599 g/mol. The third-order valence-electron chi connectivity index (χ3n) is 3.59. The van der Waals surface area contributed by atoms with Gasteiger partial charge in [0.1, 0.15) is 0 Å². The fourth-order valence-corrected chi connectivity index (χ4v) is 4.54. The van der Waals surface area contributed by atoms with E-state index >= 15 is 0 Å². The molecule has 2 N–H and O–H groups in total. The highest BCUT2D eigenvalue weighted by atomic mass is 127. The zero-order valence-electron chi connectivity index (χ0n) is 10.4. The normalized spacial score (nSPS) is 16.4. The molecule has 0 bridgehead atoms. The number of nitrogens with one attached hydrogen (secondary N) is 1. The van der Waals surface area contributed by atoms with Gasteiger partial charge >= 0.3 is 5.97 Å². The van der Waals surface area contributed by atoms with Crippen LogP contribution in [0.4, 0.5) is 0 Å². The van der Waals surface area contributed by atoms with Gasteiger partial charge in [0.15, 0.2) is 0 Å². The predicted molar refractivity (Wildman–Crippen MR) is 101 cm³/mol. The van der Waals surface area contributed by atoms with Crippen molar-refractivity contribution in [2.45, 2.75) is 19.3 Å². The second-order valence-electron chi connectivity index (χ2n) is 4.87. The molecule has 0 radical (unpaired) electrons. The molecule has 4 nitrogen and oxygen atoms in total. The Balaban J connectivity index is 2.11. The van der Waals surface area contributed by atoms with Gasteiger partial charge in [0.05, 0.1) is 11.0 Å². The summed E-state index contributed by atoms with van der Waals surface area (Å²) < 4.78 is 2.92. The summed E-state index contributed by atoms with van der Waals surface area (Å²) in [5.41, 5.74) is -0.141. The van der Waals surface area contributed by atoms with E-state index in [1.165, 1.54) is 0 Å². The molecule has 1 aromatic rings. The van der Waals surface area contributed by atoms with Crippen LogP contribution < -0.4 is 5.32 Å². The van der Waals surface area contributed by atoms with Gasteiger partial charge in [0.2, 0.25) is 0 Å². The van der Waals surface area contributed by atoms with E-state index in [0.717, 1.165) is 17.1 Å². The minimum Gasteiger partial charge on any atom is -0.481 e. The molecule has 20 heavy (non-hydrogen) atoms. The largest absolute Gasteiger partial charge is 0.481 e. The Bertz CT molecular complexity index is 570. The second kappa shape index (κ2) is 6.63. The lowest BCUT2D eigenvalue weighted by atomic mass is 9.69. The number of carboxylic acids is 1. The summed E-state index contributed by atoms with van der Waals surface area (Å²) in [6.45, 7) is 0.208. The molecule has 1 fully saturated rings. The first-order valence-corrected chi connectivity index (χ1v) is 9.25. The summed E-state index contributed by atoms with van der Waals surface area (Å²) in [5, 5.41) is 12.0. The average Bonchev–Trinajstić information content (AvgIpc) is 2.31. The van der Waals surface area contributed by atoms with Crippen molar-refractivity contribution >= 4 is 79.6 Å².